The number of aromatic nitrogens is 2. The maximum Gasteiger partial charge on any atom is 0.416 e. The van der Waals surface area contributed by atoms with Crippen molar-refractivity contribution in [1.82, 2.24) is 9.55 Å². The number of hydrogen-bond acceptors (Lipinski definition) is 8. The SMILES string of the molecule is O=C(OC[C@H]1[C@@H](OC(=O)c2cccc(C(F)(F)F)c2)[C@H](n2ccc(=O)[nH]c2=O)O[C@@H]1CCO)c1ccccc1. The van der Waals surface area contributed by atoms with E-state index in [1.165, 1.54) is 12.1 Å². The number of carbonyl (C=O) groups excluding carboxylic acids is 2. The summed E-state index contributed by atoms with van der Waals surface area (Å²) in [6.07, 6.45) is -7.25. The molecule has 0 radical (unpaired) electrons. The Morgan fingerprint density at radius 2 is 1.72 bits per heavy atom. The average molecular weight is 548 g/mol. The van der Waals surface area contributed by atoms with E-state index in [-0.39, 0.29) is 25.2 Å². The van der Waals surface area contributed by atoms with E-state index in [2.05, 4.69) is 4.98 Å². The number of aromatic amines is 1. The Balaban J connectivity index is 1.67. The van der Waals surface area contributed by atoms with E-state index >= 15 is 0 Å². The number of H-pyrrole nitrogens is 1. The number of nitrogens with zero attached hydrogens (tertiary/aromatic N) is 1. The molecule has 10 nitrogen and oxygen atoms in total. The van der Waals surface area contributed by atoms with Crippen LogP contribution in [0.3, 0.4) is 0 Å². The lowest BCUT2D eigenvalue weighted by molar-refractivity contribution is -0.137. The van der Waals surface area contributed by atoms with Gasteiger partial charge in [-0.05, 0) is 36.8 Å². The summed E-state index contributed by atoms with van der Waals surface area (Å²) in [5.41, 5.74) is -2.85. The van der Waals surface area contributed by atoms with Gasteiger partial charge in [-0.2, -0.15) is 13.2 Å². The summed E-state index contributed by atoms with van der Waals surface area (Å²) in [4.78, 5) is 51.8. The number of nitrogens with one attached hydrogen (secondary N) is 1. The van der Waals surface area contributed by atoms with Crippen molar-refractivity contribution >= 4 is 11.9 Å². The van der Waals surface area contributed by atoms with Crippen LogP contribution in [-0.4, -0.2) is 52.0 Å². The molecule has 1 aliphatic rings. The standard InChI is InChI=1S/C26H23F3N2O8/c27-26(28,29)17-8-4-7-16(13-17)24(35)39-21-18(14-37-23(34)15-5-2-1-3-6-15)19(10-12-32)38-22(21)31-11-9-20(33)30-25(31)36/h1-9,11,13,18-19,21-22,32H,10,12,14H2,(H,30,33,36)/t18-,19-,21-,22-/m1/s1. The van der Waals surface area contributed by atoms with Crippen LogP contribution in [0.1, 0.15) is 38.9 Å². The predicted molar refractivity (Wildman–Crippen MR) is 128 cm³/mol. The Hall–Kier alpha value is -4.23. The lowest BCUT2D eigenvalue weighted by Crippen LogP contribution is -2.39. The second-order valence-corrected chi connectivity index (χ2v) is 8.67. The molecule has 0 bridgehead atoms. The van der Waals surface area contributed by atoms with Crippen LogP contribution in [0.15, 0.2) is 76.4 Å². The average Bonchev–Trinajstić information content (AvgIpc) is 3.23. The minimum Gasteiger partial charge on any atom is -0.462 e. The molecule has 2 aromatic carbocycles. The summed E-state index contributed by atoms with van der Waals surface area (Å²) in [5, 5.41) is 9.58. The lowest BCUT2D eigenvalue weighted by Gasteiger charge is -2.25. The minimum atomic E-state index is -4.71. The maximum absolute atomic E-state index is 13.2. The Kier molecular flexibility index (Phi) is 8.31. The summed E-state index contributed by atoms with van der Waals surface area (Å²) >= 11 is 0. The van der Waals surface area contributed by atoms with Crippen LogP contribution in [0, 0.1) is 5.92 Å². The first-order chi connectivity index (χ1) is 18.6. The summed E-state index contributed by atoms with van der Waals surface area (Å²) < 4.78 is 57.5. The van der Waals surface area contributed by atoms with Crippen molar-refractivity contribution in [2.24, 2.45) is 5.92 Å². The van der Waals surface area contributed by atoms with Crippen molar-refractivity contribution in [2.75, 3.05) is 13.2 Å². The van der Waals surface area contributed by atoms with E-state index < -0.39 is 64.8 Å². The molecule has 0 saturated carbocycles. The van der Waals surface area contributed by atoms with Gasteiger partial charge >= 0.3 is 23.8 Å². The maximum atomic E-state index is 13.2. The largest absolute Gasteiger partial charge is 0.462 e. The molecule has 4 atom stereocenters. The van der Waals surface area contributed by atoms with Crippen LogP contribution in [0.5, 0.6) is 0 Å². The molecule has 4 rings (SSSR count). The molecule has 0 spiro atoms. The van der Waals surface area contributed by atoms with Crippen LogP contribution in [0.4, 0.5) is 13.2 Å². The molecule has 0 unspecified atom stereocenters. The number of alkyl halides is 3. The van der Waals surface area contributed by atoms with Gasteiger partial charge in [0, 0.05) is 18.9 Å². The molecule has 2 heterocycles. The van der Waals surface area contributed by atoms with E-state index in [9.17, 15) is 37.5 Å². The van der Waals surface area contributed by atoms with Crippen molar-refractivity contribution in [1.29, 1.82) is 0 Å². The Morgan fingerprint density at radius 3 is 2.38 bits per heavy atom. The zero-order valence-electron chi connectivity index (χ0n) is 20.2. The smallest absolute Gasteiger partial charge is 0.416 e. The van der Waals surface area contributed by atoms with Crippen molar-refractivity contribution < 1.29 is 42.1 Å². The Bertz CT molecular complexity index is 1440. The summed E-state index contributed by atoms with van der Waals surface area (Å²) in [7, 11) is 0. The molecule has 1 aromatic heterocycles. The number of halogens is 3. The van der Waals surface area contributed by atoms with Gasteiger partial charge in [0.1, 0.15) is 6.61 Å². The van der Waals surface area contributed by atoms with Gasteiger partial charge in [-0.25, -0.2) is 14.4 Å². The fraction of sp³-hybridized carbons (Fsp3) is 0.308. The van der Waals surface area contributed by atoms with Crippen LogP contribution < -0.4 is 11.2 Å². The molecular formula is C26H23F3N2O8. The minimum absolute atomic E-state index is 0.0141. The van der Waals surface area contributed by atoms with Gasteiger partial charge < -0.3 is 19.3 Å². The van der Waals surface area contributed by atoms with Crippen molar-refractivity contribution in [3.63, 3.8) is 0 Å². The van der Waals surface area contributed by atoms with Crippen LogP contribution in [0.25, 0.3) is 0 Å². The van der Waals surface area contributed by atoms with E-state index in [4.69, 9.17) is 14.2 Å². The molecule has 2 N–H and O–H groups in total. The molecular weight excluding hydrogens is 525 g/mol. The van der Waals surface area contributed by atoms with Gasteiger partial charge in [0.25, 0.3) is 5.56 Å². The zero-order chi connectivity index (χ0) is 28.2. The quantitative estimate of drug-likeness (QED) is 0.410. The van der Waals surface area contributed by atoms with E-state index in [1.54, 1.807) is 18.2 Å². The number of benzene rings is 2. The first-order valence-electron chi connectivity index (χ1n) is 11.8. The normalized spacial score (nSPS) is 20.9. The number of carbonyl (C=O) groups is 2. The van der Waals surface area contributed by atoms with Crippen LogP contribution >= 0.6 is 0 Å². The topological polar surface area (TPSA) is 137 Å². The van der Waals surface area contributed by atoms with Crippen molar-refractivity contribution in [3.8, 4) is 0 Å². The number of aliphatic hydroxyl groups excluding tert-OH is 1. The number of aliphatic hydroxyl groups is 1. The first-order valence-corrected chi connectivity index (χ1v) is 11.8. The molecule has 1 fully saturated rings. The van der Waals surface area contributed by atoms with Crippen molar-refractivity contribution in [2.45, 2.75) is 31.0 Å². The van der Waals surface area contributed by atoms with Crippen LogP contribution in [0.2, 0.25) is 0 Å². The van der Waals surface area contributed by atoms with Gasteiger partial charge in [-0.15, -0.1) is 0 Å². The van der Waals surface area contributed by atoms with Crippen molar-refractivity contribution in [3.05, 3.63) is 104 Å². The highest BCUT2D eigenvalue weighted by Gasteiger charge is 2.49. The molecule has 39 heavy (non-hydrogen) atoms. The first kappa shape index (κ1) is 27.8. The number of ether oxygens (including phenoxy) is 3. The highest BCUT2D eigenvalue weighted by Crippen LogP contribution is 2.38. The third kappa shape index (κ3) is 6.44. The summed E-state index contributed by atoms with van der Waals surface area (Å²) in [6, 6.07) is 12.6. The van der Waals surface area contributed by atoms with Gasteiger partial charge in [0.15, 0.2) is 12.3 Å². The molecule has 1 saturated heterocycles. The third-order valence-electron chi connectivity index (χ3n) is 6.12. The Labute approximate surface area is 218 Å². The molecule has 13 heteroatoms. The van der Waals surface area contributed by atoms with E-state index in [0.29, 0.717) is 6.07 Å². The fourth-order valence-corrected chi connectivity index (χ4v) is 4.23. The molecule has 206 valence electrons. The van der Waals surface area contributed by atoms with Gasteiger partial charge in [0.05, 0.1) is 28.7 Å². The second kappa shape index (κ2) is 11.7. The summed E-state index contributed by atoms with van der Waals surface area (Å²) in [6.45, 7) is -0.761. The van der Waals surface area contributed by atoms with Gasteiger partial charge in [-0.1, -0.05) is 24.3 Å². The van der Waals surface area contributed by atoms with Crippen LogP contribution in [-0.2, 0) is 20.4 Å². The number of hydrogen-bond donors (Lipinski definition) is 2. The fourth-order valence-electron chi connectivity index (χ4n) is 4.23. The summed E-state index contributed by atoms with van der Waals surface area (Å²) in [5.74, 6) is -2.80. The number of esters is 2. The lowest BCUT2D eigenvalue weighted by atomic mass is 9.96. The van der Waals surface area contributed by atoms with Gasteiger partial charge in [0.2, 0.25) is 0 Å². The zero-order valence-corrected chi connectivity index (χ0v) is 20.2. The molecule has 0 aliphatic carbocycles. The predicted octanol–water partition coefficient (Wildman–Crippen LogP) is 2.53. The third-order valence-corrected chi connectivity index (χ3v) is 6.12. The van der Waals surface area contributed by atoms with E-state index in [0.717, 1.165) is 35.0 Å². The van der Waals surface area contributed by atoms with Gasteiger partial charge in [-0.3, -0.25) is 14.3 Å². The number of rotatable bonds is 8. The highest BCUT2D eigenvalue weighted by atomic mass is 19.4. The highest BCUT2D eigenvalue weighted by molar-refractivity contribution is 5.90. The monoisotopic (exact) mass is 548 g/mol. The Morgan fingerprint density at radius 1 is 1.00 bits per heavy atom. The molecule has 3 aromatic rings. The molecule has 0 amide bonds. The molecule has 1 aliphatic heterocycles. The second-order valence-electron chi connectivity index (χ2n) is 8.67. The van der Waals surface area contributed by atoms with E-state index in [1.807, 2.05) is 0 Å².